The van der Waals surface area contributed by atoms with E-state index in [4.69, 9.17) is 0 Å². The molecule has 1 aliphatic rings. The quantitative estimate of drug-likeness (QED) is 0.657. The molecular formula is C19H21N5O2. The molecular weight excluding hydrogens is 330 g/mol. The zero-order chi connectivity index (χ0) is 18.3. The number of aryl methyl sites for hydroxylation is 1. The van der Waals surface area contributed by atoms with E-state index in [0.29, 0.717) is 23.4 Å². The van der Waals surface area contributed by atoms with Gasteiger partial charge in [0.25, 0.3) is 5.91 Å². The summed E-state index contributed by atoms with van der Waals surface area (Å²) in [6.07, 6.45) is 0. The summed E-state index contributed by atoms with van der Waals surface area (Å²) in [5.74, 6) is 0.189. The van der Waals surface area contributed by atoms with Gasteiger partial charge in [0.1, 0.15) is 5.75 Å². The number of phenolic OH excluding ortho intramolecular Hbond substituents is 1. The maximum absolute atomic E-state index is 13.3. The Bertz CT molecular complexity index is 964. The topological polar surface area (TPSA) is 94.1 Å². The van der Waals surface area contributed by atoms with Gasteiger partial charge < -0.3 is 15.3 Å². The van der Waals surface area contributed by atoms with Gasteiger partial charge >= 0.3 is 0 Å². The molecule has 1 aromatic carbocycles. The van der Waals surface area contributed by atoms with Crippen LogP contribution < -0.4 is 5.32 Å². The highest BCUT2D eigenvalue weighted by Gasteiger charge is 2.27. The zero-order valence-electron chi connectivity index (χ0n) is 14.8. The van der Waals surface area contributed by atoms with Crippen LogP contribution in [0.15, 0.2) is 30.3 Å². The average molecular weight is 351 g/mol. The van der Waals surface area contributed by atoms with E-state index in [1.807, 2.05) is 24.8 Å². The second-order valence-corrected chi connectivity index (χ2v) is 6.69. The molecule has 7 heteroatoms. The number of amides is 1. The number of aromatic nitrogens is 3. The number of carbonyl (C=O) groups is 1. The fourth-order valence-corrected chi connectivity index (χ4v) is 3.43. The van der Waals surface area contributed by atoms with Gasteiger partial charge in [-0.3, -0.25) is 9.89 Å². The second-order valence-electron chi connectivity index (χ2n) is 6.69. The van der Waals surface area contributed by atoms with Gasteiger partial charge in [0, 0.05) is 31.2 Å². The Morgan fingerprint density at radius 1 is 1.31 bits per heavy atom. The van der Waals surface area contributed by atoms with Crippen LogP contribution >= 0.6 is 0 Å². The van der Waals surface area contributed by atoms with E-state index in [-0.39, 0.29) is 17.7 Å². The molecule has 4 rings (SSSR count). The van der Waals surface area contributed by atoms with Gasteiger partial charge in [-0.25, -0.2) is 4.98 Å². The molecule has 0 saturated carbocycles. The highest BCUT2D eigenvalue weighted by atomic mass is 16.3. The molecule has 26 heavy (non-hydrogen) atoms. The van der Waals surface area contributed by atoms with Crippen LogP contribution in [0.25, 0.3) is 22.3 Å². The predicted octanol–water partition coefficient (Wildman–Crippen LogP) is 2.07. The first-order valence-electron chi connectivity index (χ1n) is 8.71. The number of aromatic hydroxyl groups is 1. The SMILES string of the molecule is Cc1n[nH]c2nc(-c3ccc(O)cc3)cc(C(=O)N3CCNCC3C)c12. The largest absolute Gasteiger partial charge is 0.508 e. The summed E-state index contributed by atoms with van der Waals surface area (Å²) in [4.78, 5) is 19.8. The van der Waals surface area contributed by atoms with Crippen molar-refractivity contribution in [1.29, 1.82) is 0 Å². The van der Waals surface area contributed by atoms with Gasteiger partial charge in [0.2, 0.25) is 0 Å². The molecule has 0 spiro atoms. The Hall–Kier alpha value is -2.93. The molecule has 1 saturated heterocycles. The third kappa shape index (κ3) is 2.80. The maximum atomic E-state index is 13.3. The number of carbonyl (C=O) groups excluding carboxylic acids is 1. The van der Waals surface area contributed by atoms with E-state index in [1.54, 1.807) is 24.3 Å². The highest BCUT2D eigenvalue weighted by molar-refractivity contribution is 6.07. The van der Waals surface area contributed by atoms with Crippen molar-refractivity contribution in [3.8, 4) is 17.0 Å². The van der Waals surface area contributed by atoms with Crippen molar-refractivity contribution in [2.75, 3.05) is 19.6 Å². The Morgan fingerprint density at radius 2 is 2.08 bits per heavy atom. The molecule has 0 radical (unpaired) electrons. The smallest absolute Gasteiger partial charge is 0.255 e. The molecule has 3 heterocycles. The number of hydrogen-bond donors (Lipinski definition) is 3. The van der Waals surface area contributed by atoms with Crippen molar-refractivity contribution in [3.05, 3.63) is 41.6 Å². The van der Waals surface area contributed by atoms with Crippen LogP contribution in [-0.2, 0) is 0 Å². The monoisotopic (exact) mass is 351 g/mol. The van der Waals surface area contributed by atoms with E-state index >= 15 is 0 Å². The molecule has 1 unspecified atom stereocenters. The number of aromatic amines is 1. The number of phenols is 1. The highest BCUT2D eigenvalue weighted by Crippen LogP contribution is 2.28. The molecule has 134 valence electrons. The van der Waals surface area contributed by atoms with Gasteiger partial charge in [-0.05, 0) is 44.2 Å². The Kier molecular flexibility index (Phi) is 4.08. The molecule has 3 N–H and O–H groups in total. The number of benzene rings is 1. The molecule has 1 amide bonds. The van der Waals surface area contributed by atoms with Crippen molar-refractivity contribution >= 4 is 16.9 Å². The minimum atomic E-state index is -0.00377. The minimum Gasteiger partial charge on any atom is -0.508 e. The van der Waals surface area contributed by atoms with E-state index in [9.17, 15) is 9.90 Å². The lowest BCUT2D eigenvalue weighted by molar-refractivity contribution is 0.0657. The first-order chi connectivity index (χ1) is 12.5. The minimum absolute atomic E-state index is 0.00377. The number of rotatable bonds is 2. The summed E-state index contributed by atoms with van der Waals surface area (Å²) >= 11 is 0. The first-order valence-corrected chi connectivity index (χ1v) is 8.71. The molecule has 7 nitrogen and oxygen atoms in total. The number of nitrogens with zero attached hydrogens (tertiary/aromatic N) is 3. The van der Waals surface area contributed by atoms with Crippen molar-refractivity contribution in [1.82, 2.24) is 25.4 Å². The van der Waals surface area contributed by atoms with Crippen LogP contribution in [0.1, 0.15) is 23.0 Å². The number of hydrogen-bond acceptors (Lipinski definition) is 5. The molecule has 1 atom stereocenters. The Morgan fingerprint density at radius 3 is 2.81 bits per heavy atom. The summed E-state index contributed by atoms with van der Waals surface area (Å²) in [5.41, 5.74) is 3.47. The summed E-state index contributed by atoms with van der Waals surface area (Å²) in [6, 6.07) is 8.75. The molecule has 0 aliphatic carbocycles. The van der Waals surface area contributed by atoms with Crippen LogP contribution in [0.4, 0.5) is 0 Å². The third-order valence-corrected chi connectivity index (χ3v) is 4.87. The average Bonchev–Trinajstić information content (AvgIpc) is 3.02. The van der Waals surface area contributed by atoms with Gasteiger partial charge in [-0.1, -0.05) is 0 Å². The van der Waals surface area contributed by atoms with Crippen LogP contribution in [0.3, 0.4) is 0 Å². The van der Waals surface area contributed by atoms with Gasteiger partial charge in [0.15, 0.2) is 5.65 Å². The van der Waals surface area contributed by atoms with Crippen LogP contribution in [0.5, 0.6) is 5.75 Å². The van der Waals surface area contributed by atoms with E-state index in [1.165, 1.54) is 0 Å². The van der Waals surface area contributed by atoms with Gasteiger partial charge in [0.05, 0.1) is 22.3 Å². The van der Waals surface area contributed by atoms with E-state index < -0.39 is 0 Å². The fraction of sp³-hybridized carbons (Fsp3) is 0.316. The molecule has 0 bridgehead atoms. The summed E-state index contributed by atoms with van der Waals surface area (Å²) < 4.78 is 0. The van der Waals surface area contributed by atoms with Crippen LogP contribution in [0.2, 0.25) is 0 Å². The lowest BCUT2D eigenvalue weighted by Crippen LogP contribution is -2.52. The Balaban J connectivity index is 1.85. The normalized spacial score (nSPS) is 17.6. The Labute approximate surface area is 151 Å². The molecule has 2 aromatic heterocycles. The number of pyridine rings is 1. The molecule has 1 aliphatic heterocycles. The van der Waals surface area contributed by atoms with Gasteiger partial charge in [-0.15, -0.1) is 0 Å². The molecule has 1 fully saturated rings. The van der Waals surface area contributed by atoms with Crippen LogP contribution in [-0.4, -0.2) is 56.8 Å². The lowest BCUT2D eigenvalue weighted by atomic mass is 10.0. The summed E-state index contributed by atoms with van der Waals surface area (Å²) in [6.45, 7) is 6.17. The molecule has 3 aromatic rings. The van der Waals surface area contributed by atoms with Crippen molar-refractivity contribution < 1.29 is 9.90 Å². The third-order valence-electron chi connectivity index (χ3n) is 4.87. The van der Waals surface area contributed by atoms with Crippen molar-refractivity contribution in [3.63, 3.8) is 0 Å². The fourth-order valence-electron chi connectivity index (χ4n) is 3.43. The maximum Gasteiger partial charge on any atom is 0.255 e. The van der Waals surface area contributed by atoms with E-state index in [0.717, 1.165) is 29.7 Å². The van der Waals surface area contributed by atoms with Crippen LogP contribution in [0, 0.1) is 6.92 Å². The van der Waals surface area contributed by atoms with Crippen molar-refractivity contribution in [2.45, 2.75) is 19.9 Å². The zero-order valence-corrected chi connectivity index (χ0v) is 14.8. The predicted molar refractivity (Wildman–Crippen MR) is 99.1 cm³/mol. The summed E-state index contributed by atoms with van der Waals surface area (Å²) in [5, 5.41) is 20.8. The summed E-state index contributed by atoms with van der Waals surface area (Å²) in [7, 11) is 0. The number of fused-ring (bicyclic) bond motifs is 1. The van der Waals surface area contributed by atoms with Crippen molar-refractivity contribution in [2.24, 2.45) is 0 Å². The first kappa shape index (κ1) is 16.5. The lowest BCUT2D eigenvalue weighted by Gasteiger charge is -2.34. The second kappa shape index (κ2) is 6.42. The number of piperazine rings is 1. The van der Waals surface area contributed by atoms with Gasteiger partial charge in [-0.2, -0.15) is 5.10 Å². The van der Waals surface area contributed by atoms with E-state index in [2.05, 4.69) is 20.5 Å². The standard InChI is InChI=1S/C19H21N5O2/c1-11-10-20-7-8-24(11)19(26)15-9-16(13-3-5-14(25)6-4-13)21-18-17(15)12(2)22-23-18/h3-6,9,11,20,25H,7-8,10H2,1-2H3,(H,21,22,23). The number of nitrogens with one attached hydrogen (secondary N) is 2. The number of H-pyrrole nitrogens is 1.